The summed E-state index contributed by atoms with van der Waals surface area (Å²) in [4.78, 5) is 42.8. The fourth-order valence-corrected chi connectivity index (χ4v) is 14.6. The molecule has 2 amide bonds. The van der Waals surface area contributed by atoms with Gasteiger partial charge in [0.05, 0.1) is 51.1 Å². The molecule has 16 heterocycles. The number of carbonyl (C=O) groups excluding carboxylic acids is 2. The third-order valence-corrected chi connectivity index (χ3v) is 21.6. The SMILES string of the molecule is Cc1cc(-c2nnc3c(C(N)=O)cc(OCc4cccc(CNCCc5ccccc5)n4)nn23)no1.Cc1cc(-c2nnc3c(C)cc(OCc4cccc(CNCCc5ccccc5)n4)nn23)no1.Cc1cc(-c2nnc3cc(C(N)=O)c(OCc4cccc(CNCCc5ccccc5)n4)nn23)no1.Cc1cc(-c2nnc3cc(C)c(OCc4cccc(CNCCc5ccccc5)n4)nn23)no1. The fourth-order valence-electron chi connectivity index (χ4n) is 14.6. The number of nitrogens with one attached hydrogen (secondary N) is 4. The number of ether oxygens (including phenoxy) is 4. The van der Waals surface area contributed by atoms with Crippen LogP contribution >= 0.6 is 0 Å². The third-order valence-electron chi connectivity index (χ3n) is 21.6. The van der Waals surface area contributed by atoms with E-state index in [0.717, 1.165) is 103 Å². The second kappa shape index (κ2) is 45.7. The van der Waals surface area contributed by atoms with Crippen molar-refractivity contribution in [3.8, 4) is 69.6 Å². The number of hydrogen-bond acceptors (Lipinski definition) is 34. The summed E-state index contributed by atoms with van der Waals surface area (Å²) in [6.45, 7) is 18.0. The van der Waals surface area contributed by atoms with Crippen molar-refractivity contribution in [2.24, 2.45) is 11.5 Å². The van der Waals surface area contributed by atoms with Crippen molar-refractivity contribution < 1.29 is 46.6 Å². The summed E-state index contributed by atoms with van der Waals surface area (Å²) in [6, 6.07) is 78.5. The van der Waals surface area contributed by atoms with E-state index >= 15 is 0 Å². The molecule has 20 aromatic rings. The first-order valence-electron chi connectivity index (χ1n) is 45.1. The number of carbonyl (C=O) groups is 2. The van der Waals surface area contributed by atoms with E-state index in [-0.39, 0.29) is 41.7 Å². The number of rotatable bonds is 38. The highest BCUT2D eigenvalue weighted by Gasteiger charge is 2.25. The first kappa shape index (κ1) is 94.3. The number of benzene rings is 4. The van der Waals surface area contributed by atoms with Crippen molar-refractivity contribution in [2.45, 2.75) is 120 Å². The molecule has 0 saturated carbocycles. The van der Waals surface area contributed by atoms with Crippen LogP contribution in [0.15, 0.2) is 261 Å². The highest BCUT2D eigenvalue weighted by Crippen LogP contribution is 2.29. The zero-order chi connectivity index (χ0) is 96.5. The van der Waals surface area contributed by atoms with E-state index in [1.54, 1.807) is 47.1 Å². The van der Waals surface area contributed by atoms with Gasteiger partial charge in [-0.15, -0.1) is 61.2 Å². The zero-order valence-electron chi connectivity index (χ0n) is 77.4. The molecular weight excluding hydrogens is 1780 g/mol. The number of aromatic nitrogens is 24. The molecule has 0 atom stereocenters. The second-order valence-electron chi connectivity index (χ2n) is 32.5. The largest absolute Gasteiger partial charge is 0.470 e. The van der Waals surface area contributed by atoms with Crippen molar-refractivity contribution in [3.05, 3.63) is 356 Å². The fraction of sp³-hybridized carbons (Fsp3) is 0.220. The molecule has 0 saturated heterocycles. The van der Waals surface area contributed by atoms with Gasteiger partial charge in [0.15, 0.2) is 45.4 Å². The zero-order valence-corrected chi connectivity index (χ0v) is 77.4. The Morgan fingerprint density at radius 1 is 0.300 bits per heavy atom. The molecule has 40 heteroatoms. The van der Waals surface area contributed by atoms with E-state index in [1.807, 2.05) is 161 Å². The van der Waals surface area contributed by atoms with Gasteiger partial charge in [-0.25, -0.2) is 0 Å². The van der Waals surface area contributed by atoms with Crippen LogP contribution in [0.2, 0.25) is 0 Å². The van der Waals surface area contributed by atoms with Crippen LogP contribution < -0.4 is 51.7 Å². The molecule has 0 fully saturated rings. The summed E-state index contributed by atoms with van der Waals surface area (Å²) < 4.78 is 50.4. The van der Waals surface area contributed by atoms with E-state index < -0.39 is 11.8 Å². The number of fused-ring (bicyclic) bond motifs is 4. The summed E-state index contributed by atoms with van der Waals surface area (Å²) in [5.74, 6) is 4.05. The van der Waals surface area contributed by atoms with Crippen molar-refractivity contribution in [3.63, 3.8) is 0 Å². The van der Waals surface area contributed by atoms with E-state index in [4.69, 9.17) is 58.5 Å². The van der Waals surface area contributed by atoms with Crippen LogP contribution in [0.5, 0.6) is 23.5 Å². The Morgan fingerprint density at radius 2 is 0.614 bits per heavy atom. The Hall–Kier alpha value is -17.5. The molecule has 20 rings (SSSR count). The predicted molar refractivity (Wildman–Crippen MR) is 512 cm³/mol. The van der Waals surface area contributed by atoms with E-state index in [2.05, 4.69) is 186 Å². The maximum atomic E-state index is 12.1. The van der Waals surface area contributed by atoms with E-state index in [9.17, 15) is 9.59 Å². The van der Waals surface area contributed by atoms with Gasteiger partial charge in [-0.1, -0.05) is 166 Å². The standard InChI is InChI=1S/2C25H24N8O3.2C25H25N7O2/c1-16-12-21(32-36-16)24-30-29-22-13-20(23(26)34)25(31-33(22)24)35-15-19-9-5-8-18(28-19)14-27-11-10-17-6-3-2-4-7-17;1-16-12-21(32-36-16)25-30-29-24-20(23(26)34)13-22(31-33(24)25)35-15-19-9-5-8-18(28-19)14-27-11-10-17-6-3-2-4-7-17;1-17-13-23-28-29-24(22-14-18(2)34-31-22)32(23)30-25(17)33-16-21-10-6-9-20(27-21)15-26-12-11-19-7-4-3-5-8-19;1-17-13-23(30-32-24(17)28-29-25(32)22-14-18(2)34-31-22)33-16-21-10-6-9-20(27-21)15-26-12-11-19-7-4-3-5-8-19/h2*2-9,12-13,27H,10-11,14-15H2,1H3,(H2,26,34);2*3-10,13-14,26H,11-12,15-16H2,1-2H3. The van der Waals surface area contributed by atoms with Crippen LogP contribution in [0.3, 0.4) is 0 Å². The number of nitrogens with zero attached hydrogens (tertiary/aromatic N) is 24. The summed E-state index contributed by atoms with van der Waals surface area (Å²) >= 11 is 0. The Labute approximate surface area is 800 Å². The first-order valence-corrected chi connectivity index (χ1v) is 45.1. The maximum absolute atomic E-state index is 12.1. The number of pyridine rings is 4. The molecule has 0 spiro atoms. The molecule has 8 N–H and O–H groups in total. The topological polar surface area (TPSA) is 499 Å². The lowest BCUT2D eigenvalue weighted by atomic mass is 10.1. The number of nitrogens with two attached hydrogens (primary N) is 2. The van der Waals surface area contributed by atoms with Crippen molar-refractivity contribution in [2.75, 3.05) is 26.2 Å². The van der Waals surface area contributed by atoms with Crippen molar-refractivity contribution in [1.29, 1.82) is 0 Å². The molecule has 0 aliphatic heterocycles. The second-order valence-corrected chi connectivity index (χ2v) is 32.5. The number of hydrogen-bond donors (Lipinski definition) is 6. The number of primary amides is 2. The smallest absolute Gasteiger partial charge is 0.254 e. The summed E-state index contributed by atoms with van der Waals surface area (Å²) in [6.07, 6.45) is 3.85. The van der Waals surface area contributed by atoms with Crippen molar-refractivity contribution >= 4 is 34.4 Å². The van der Waals surface area contributed by atoms with Crippen LogP contribution in [-0.2, 0) is 78.3 Å². The minimum absolute atomic E-state index is 0.0458. The maximum Gasteiger partial charge on any atom is 0.254 e. The molecule has 40 nitrogen and oxygen atoms in total. The van der Waals surface area contributed by atoms with Gasteiger partial charge >= 0.3 is 0 Å². The molecule has 4 aromatic carbocycles. The van der Waals surface area contributed by atoms with Crippen molar-refractivity contribution in [1.82, 2.24) is 141 Å². The summed E-state index contributed by atoms with van der Waals surface area (Å²) in [5.41, 5.74) is 28.9. The van der Waals surface area contributed by atoms with Gasteiger partial charge in [-0.05, 0) is 170 Å². The van der Waals surface area contributed by atoms with Gasteiger partial charge in [0.2, 0.25) is 46.8 Å². The van der Waals surface area contributed by atoms with E-state index in [0.29, 0.717) is 143 Å². The minimum atomic E-state index is -0.689. The minimum Gasteiger partial charge on any atom is -0.470 e. The van der Waals surface area contributed by atoms with Gasteiger partial charge in [0.1, 0.15) is 55.0 Å². The Bertz CT molecular complexity index is 7550. The summed E-state index contributed by atoms with van der Waals surface area (Å²) in [5, 5.41) is 80.8. The van der Waals surface area contributed by atoms with Gasteiger partial charge in [0, 0.05) is 79.8 Å². The molecule has 0 radical (unpaired) electrons. The molecule has 708 valence electrons. The molecule has 140 heavy (non-hydrogen) atoms. The van der Waals surface area contributed by atoms with Gasteiger partial charge in [0.25, 0.3) is 11.8 Å². The van der Waals surface area contributed by atoms with Crippen LogP contribution in [0.4, 0.5) is 0 Å². The number of aryl methyl sites for hydroxylation is 6. The predicted octanol–water partition coefficient (Wildman–Crippen LogP) is 12.4. The summed E-state index contributed by atoms with van der Waals surface area (Å²) in [7, 11) is 0. The van der Waals surface area contributed by atoms with Crippen LogP contribution in [0.25, 0.3) is 68.7 Å². The molecule has 0 bridgehead atoms. The average Bonchev–Trinajstić information content (AvgIpc) is 1.63. The normalized spacial score (nSPS) is 11.2. The van der Waals surface area contributed by atoms with Crippen LogP contribution in [0, 0.1) is 41.5 Å². The third kappa shape index (κ3) is 25.0. The molecule has 0 aliphatic rings. The molecule has 16 aromatic heterocycles. The van der Waals surface area contributed by atoms with Gasteiger partial charge < -0.3 is 69.8 Å². The first-order chi connectivity index (χ1) is 68.4. The van der Waals surface area contributed by atoms with E-state index in [1.165, 1.54) is 43.4 Å². The highest BCUT2D eigenvalue weighted by atomic mass is 16.5. The number of amides is 2. The molecule has 0 unspecified atom stereocenters. The lowest BCUT2D eigenvalue weighted by Gasteiger charge is -2.10. The monoisotopic (exact) mass is 1880 g/mol. The van der Waals surface area contributed by atoms with Gasteiger partial charge in [-0.2, -0.15) is 18.1 Å². The van der Waals surface area contributed by atoms with Gasteiger partial charge in [-0.3, -0.25) is 29.5 Å². The van der Waals surface area contributed by atoms with Crippen LogP contribution in [-0.4, -0.2) is 158 Å². The molecule has 0 aliphatic carbocycles. The van der Waals surface area contributed by atoms with Crippen LogP contribution in [0.1, 0.15) is 123 Å². The Morgan fingerprint density at radius 3 is 0.979 bits per heavy atom. The molecular formula is C100H98N30O10. The quantitative estimate of drug-likeness (QED) is 0.0196. The lowest BCUT2D eigenvalue weighted by molar-refractivity contribution is 0.0988. The Kier molecular flexibility index (Phi) is 30.8. The Balaban J connectivity index is 0.000000129. The highest BCUT2D eigenvalue weighted by molar-refractivity contribution is 5.99. The lowest BCUT2D eigenvalue weighted by Crippen LogP contribution is -2.18. The average molecular weight is 1880 g/mol.